The van der Waals surface area contributed by atoms with Crippen LogP contribution in [0, 0.1) is 6.92 Å². The van der Waals surface area contributed by atoms with Crippen LogP contribution in [0.15, 0.2) is 42.5 Å². The number of benzene rings is 2. The smallest absolute Gasteiger partial charge is 0.317 e. The van der Waals surface area contributed by atoms with Crippen LogP contribution in [0.5, 0.6) is 11.5 Å². The molecule has 0 spiro atoms. The second kappa shape index (κ2) is 7.15. The van der Waals surface area contributed by atoms with Crippen LogP contribution >= 0.6 is 0 Å². The van der Waals surface area contributed by atoms with Crippen molar-refractivity contribution in [2.45, 2.75) is 13.5 Å². The Bertz CT molecular complexity index is 783. The van der Waals surface area contributed by atoms with Gasteiger partial charge in [-0.1, -0.05) is 29.8 Å². The maximum Gasteiger partial charge on any atom is 0.317 e. The summed E-state index contributed by atoms with van der Waals surface area (Å²) in [6, 6.07) is 14.2. The largest absolute Gasteiger partial charge is 0.454 e. The van der Waals surface area contributed by atoms with Crippen LogP contribution < -0.4 is 19.7 Å². The molecule has 0 saturated carbocycles. The molecule has 6 nitrogen and oxygen atoms in total. The molecule has 136 valence electrons. The molecule has 4 rings (SSSR count). The molecule has 0 atom stereocenters. The van der Waals surface area contributed by atoms with E-state index < -0.39 is 0 Å². The number of carbonyl (C=O) groups is 1. The summed E-state index contributed by atoms with van der Waals surface area (Å²) in [5.74, 6) is 1.59. The topological polar surface area (TPSA) is 54.0 Å². The lowest BCUT2D eigenvalue weighted by Gasteiger charge is -2.36. The summed E-state index contributed by atoms with van der Waals surface area (Å²) in [5.41, 5.74) is 3.44. The zero-order chi connectivity index (χ0) is 17.9. The predicted octanol–water partition coefficient (Wildman–Crippen LogP) is 2.76. The average molecular weight is 353 g/mol. The molecule has 0 aromatic heterocycles. The molecule has 1 N–H and O–H groups in total. The Kier molecular flexibility index (Phi) is 4.56. The van der Waals surface area contributed by atoms with Gasteiger partial charge in [-0.05, 0) is 24.6 Å². The predicted molar refractivity (Wildman–Crippen MR) is 99.8 cm³/mol. The number of fused-ring (bicyclic) bond motifs is 1. The van der Waals surface area contributed by atoms with Crippen molar-refractivity contribution in [1.29, 1.82) is 0 Å². The molecule has 2 aromatic carbocycles. The molecule has 2 amide bonds. The molecule has 2 aromatic rings. The first-order valence-electron chi connectivity index (χ1n) is 8.92. The third kappa shape index (κ3) is 3.54. The van der Waals surface area contributed by atoms with Gasteiger partial charge >= 0.3 is 6.03 Å². The third-order valence-electron chi connectivity index (χ3n) is 4.85. The van der Waals surface area contributed by atoms with E-state index in [4.69, 9.17) is 9.47 Å². The van der Waals surface area contributed by atoms with Gasteiger partial charge in [-0.2, -0.15) is 0 Å². The second-order valence-corrected chi connectivity index (χ2v) is 6.66. The van der Waals surface area contributed by atoms with Crippen molar-refractivity contribution >= 4 is 11.7 Å². The Balaban J connectivity index is 1.29. The molecule has 0 radical (unpaired) electrons. The maximum atomic E-state index is 12.4. The van der Waals surface area contributed by atoms with Crippen LogP contribution in [-0.2, 0) is 6.54 Å². The number of anilines is 1. The lowest BCUT2D eigenvalue weighted by atomic mass is 10.1. The van der Waals surface area contributed by atoms with Crippen molar-refractivity contribution < 1.29 is 14.3 Å². The first kappa shape index (κ1) is 16.6. The highest BCUT2D eigenvalue weighted by molar-refractivity contribution is 5.74. The van der Waals surface area contributed by atoms with Gasteiger partial charge in [0.05, 0.1) is 0 Å². The third-order valence-corrected chi connectivity index (χ3v) is 4.85. The summed E-state index contributed by atoms with van der Waals surface area (Å²) in [7, 11) is 0. The van der Waals surface area contributed by atoms with E-state index in [1.807, 2.05) is 35.2 Å². The van der Waals surface area contributed by atoms with Gasteiger partial charge in [-0.15, -0.1) is 0 Å². The summed E-state index contributed by atoms with van der Waals surface area (Å²) in [6.07, 6.45) is 0. The van der Waals surface area contributed by atoms with Gasteiger partial charge in [-0.25, -0.2) is 4.79 Å². The van der Waals surface area contributed by atoms with E-state index in [0.717, 1.165) is 35.8 Å². The number of aryl methyl sites for hydroxylation is 1. The van der Waals surface area contributed by atoms with E-state index in [2.05, 4.69) is 29.3 Å². The molecule has 1 fully saturated rings. The molecule has 2 aliphatic heterocycles. The van der Waals surface area contributed by atoms with E-state index in [1.165, 1.54) is 5.56 Å². The SMILES string of the molecule is Cc1ccc(CNC(=O)N2CCN(c3ccc4c(c3)OCO4)CC2)cc1. The Morgan fingerprint density at radius 1 is 1.00 bits per heavy atom. The fourth-order valence-electron chi connectivity index (χ4n) is 3.25. The Morgan fingerprint density at radius 3 is 2.50 bits per heavy atom. The maximum absolute atomic E-state index is 12.4. The van der Waals surface area contributed by atoms with E-state index in [-0.39, 0.29) is 12.8 Å². The van der Waals surface area contributed by atoms with E-state index >= 15 is 0 Å². The van der Waals surface area contributed by atoms with Crippen LogP contribution in [0.4, 0.5) is 10.5 Å². The fourth-order valence-corrected chi connectivity index (χ4v) is 3.25. The van der Waals surface area contributed by atoms with Crippen molar-refractivity contribution in [1.82, 2.24) is 10.2 Å². The Hall–Kier alpha value is -2.89. The lowest BCUT2D eigenvalue weighted by molar-refractivity contribution is 0.174. The summed E-state index contributed by atoms with van der Waals surface area (Å²) < 4.78 is 10.8. The van der Waals surface area contributed by atoms with Gasteiger partial charge in [0.2, 0.25) is 6.79 Å². The first-order chi connectivity index (χ1) is 12.7. The molecule has 2 aliphatic rings. The van der Waals surface area contributed by atoms with Gasteiger partial charge in [-0.3, -0.25) is 0 Å². The minimum absolute atomic E-state index is 0.00379. The summed E-state index contributed by atoms with van der Waals surface area (Å²) >= 11 is 0. The van der Waals surface area contributed by atoms with Crippen molar-refractivity contribution in [3.05, 3.63) is 53.6 Å². The van der Waals surface area contributed by atoms with Gasteiger partial charge in [0.15, 0.2) is 11.5 Å². The molecular formula is C20H23N3O3. The highest BCUT2D eigenvalue weighted by Gasteiger charge is 2.22. The molecule has 2 heterocycles. The average Bonchev–Trinajstić information content (AvgIpc) is 3.15. The van der Waals surface area contributed by atoms with Crippen molar-refractivity contribution in [2.75, 3.05) is 37.9 Å². The van der Waals surface area contributed by atoms with Gasteiger partial charge < -0.3 is 24.6 Å². The van der Waals surface area contributed by atoms with Crippen LogP contribution in [0.2, 0.25) is 0 Å². The Labute approximate surface area is 153 Å². The van der Waals surface area contributed by atoms with Crippen LogP contribution in [-0.4, -0.2) is 43.9 Å². The summed E-state index contributed by atoms with van der Waals surface area (Å²) in [5, 5.41) is 3.01. The normalized spacial score (nSPS) is 15.9. The van der Waals surface area contributed by atoms with Gasteiger partial charge in [0, 0.05) is 44.5 Å². The molecular weight excluding hydrogens is 330 g/mol. The number of amides is 2. The number of ether oxygens (including phenoxy) is 2. The highest BCUT2D eigenvalue weighted by Crippen LogP contribution is 2.35. The molecule has 1 saturated heterocycles. The highest BCUT2D eigenvalue weighted by atomic mass is 16.7. The number of nitrogens with zero attached hydrogens (tertiary/aromatic N) is 2. The van der Waals surface area contributed by atoms with Crippen molar-refractivity contribution in [3.8, 4) is 11.5 Å². The zero-order valence-electron chi connectivity index (χ0n) is 14.9. The van der Waals surface area contributed by atoms with Crippen molar-refractivity contribution in [3.63, 3.8) is 0 Å². The molecule has 26 heavy (non-hydrogen) atoms. The van der Waals surface area contributed by atoms with Crippen molar-refractivity contribution in [2.24, 2.45) is 0 Å². The fraction of sp³-hybridized carbons (Fsp3) is 0.350. The lowest BCUT2D eigenvalue weighted by Crippen LogP contribution is -2.51. The number of rotatable bonds is 3. The molecule has 6 heteroatoms. The number of carbonyl (C=O) groups excluding carboxylic acids is 1. The second-order valence-electron chi connectivity index (χ2n) is 6.66. The van der Waals surface area contributed by atoms with Gasteiger partial charge in [0.1, 0.15) is 0 Å². The number of urea groups is 1. The van der Waals surface area contributed by atoms with Crippen LogP contribution in [0.25, 0.3) is 0 Å². The summed E-state index contributed by atoms with van der Waals surface area (Å²) in [6.45, 7) is 5.91. The molecule has 0 unspecified atom stereocenters. The van der Waals surface area contributed by atoms with Crippen LogP contribution in [0.3, 0.4) is 0 Å². The summed E-state index contributed by atoms with van der Waals surface area (Å²) in [4.78, 5) is 16.5. The number of nitrogens with one attached hydrogen (secondary N) is 1. The zero-order valence-corrected chi connectivity index (χ0v) is 14.9. The molecule has 0 aliphatic carbocycles. The molecule has 0 bridgehead atoms. The number of piperazine rings is 1. The van der Waals surface area contributed by atoms with Crippen LogP contribution in [0.1, 0.15) is 11.1 Å². The van der Waals surface area contributed by atoms with E-state index in [1.54, 1.807) is 0 Å². The standard InChI is InChI=1S/C20H23N3O3/c1-15-2-4-16(5-3-15)13-21-20(24)23-10-8-22(9-11-23)17-6-7-18-19(12-17)26-14-25-18/h2-7,12H,8-11,13-14H2,1H3,(H,21,24). The van der Waals surface area contributed by atoms with E-state index in [9.17, 15) is 4.79 Å². The Morgan fingerprint density at radius 2 is 1.73 bits per heavy atom. The van der Waals surface area contributed by atoms with E-state index in [0.29, 0.717) is 19.6 Å². The number of hydrogen-bond acceptors (Lipinski definition) is 4. The monoisotopic (exact) mass is 353 g/mol. The minimum atomic E-state index is -0.00379. The quantitative estimate of drug-likeness (QED) is 0.922. The minimum Gasteiger partial charge on any atom is -0.454 e. The number of hydrogen-bond donors (Lipinski definition) is 1. The van der Waals surface area contributed by atoms with Gasteiger partial charge in [0.25, 0.3) is 0 Å². The first-order valence-corrected chi connectivity index (χ1v) is 8.92.